The van der Waals surface area contributed by atoms with Gasteiger partial charge in [0.25, 0.3) is 0 Å². The summed E-state index contributed by atoms with van der Waals surface area (Å²) < 4.78 is 27.3. The standard InChI is InChI=1S/C50H58N2O12S/c1-35(46(56)61-30-37-19-11-6-12-20-37)51-45(55)40(27-42(53)25-26-43(52-49(59)64-50(2,3)4)48(58)63-32-39-23-15-8-16-24-39)33-65-34-41(47(57)62-31-38-21-13-7-14-22-38)28-44(54)60-29-36-17-9-5-10-18-36/h5-24,35,40-41,43H,25-34H2,1-4H3,(H,51,55)(H,52,59)/t35-,40-,41+,43-/m1/s1. The molecule has 0 unspecified atom stereocenters. The number of carbonyl (C=O) groups excluding carboxylic acids is 7. The van der Waals surface area contributed by atoms with Crippen LogP contribution in [0.3, 0.4) is 0 Å². The number of hydrogen-bond acceptors (Lipinski definition) is 13. The highest BCUT2D eigenvalue weighted by Gasteiger charge is 2.31. The van der Waals surface area contributed by atoms with E-state index in [0.29, 0.717) is 5.56 Å². The van der Waals surface area contributed by atoms with Crippen LogP contribution in [0.5, 0.6) is 0 Å². The quantitative estimate of drug-likeness (QED) is 0.0493. The van der Waals surface area contributed by atoms with Gasteiger partial charge in [0.05, 0.1) is 18.3 Å². The van der Waals surface area contributed by atoms with Crippen LogP contribution in [0, 0.1) is 11.8 Å². The maximum Gasteiger partial charge on any atom is 0.408 e. The number of rotatable bonds is 25. The Morgan fingerprint density at radius 3 is 1.45 bits per heavy atom. The Labute approximate surface area is 384 Å². The molecule has 0 aliphatic rings. The fraction of sp³-hybridized carbons (Fsp3) is 0.380. The van der Waals surface area contributed by atoms with Gasteiger partial charge >= 0.3 is 30.0 Å². The fourth-order valence-electron chi connectivity index (χ4n) is 6.09. The average Bonchev–Trinajstić information content (AvgIpc) is 3.29. The number of carbonyl (C=O) groups is 7. The molecule has 0 heterocycles. The molecule has 0 aliphatic carbocycles. The fourth-order valence-corrected chi connectivity index (χ4v) is 7.32. The van der Waals surface area contributed by atoms with E-state index in [-0.39, 0.29) is 63.6 Å². The maximum absolute atomic E-state index is 13.9. The zero-order chi connectivity index (χ0) is 47.0. The van der Waals surface area contributed by atoms with Gasteiger partial charge in [-0.25, -0.2) is 14.4 Å². The van der Waals surface area contributed by atoms with Gasteiger partial charge in [0.1, 0.15) is 49.9 Å². The number of alkyl carbamates (subject to hydrolysis) is 1. The number of ketones is 1. The number of nitrogens with one attached hydrogen (secondary N) is 2. The van der Waals surface area contributed by atoms with Crippen LogP contribution in [0.4, 0.5) is 4.79 Å². The molecule has 4 aromatic carbocycles. The van der Waals surface area contributed by atoms with Crippen LogP contribution in [0.2, 0.25) is 0 Å². The van der Waals surface area contributed by atoms with E-state index >= 15 is 0 Å². The van der Waals surface area contributed by atoms with Crippen molar-refractivity contribution in [3.05, 3.63) is 144 Å². The zero-order valence-corrected chi connectivity index (χ0v) is 38.1. The summed E-state index contributed by atoms with van der Waals surface area (Å²) in [6.07, 6.45) is -1.93. The molecule has 4 rings (SSSR count). The number of amides is 2. The van der Waals surface area contributed by atoms with Crippen molar-refractivity contribution in [2.24, 2.45) is 11.8 Å². The van der Waals surface area contributed by atoms with Crippen LogP contribution in [0.25, 0.3) is 0 Å². The van der Waals surface area contributed by atoms with Crippen LogP contribution in [0.1, 0.15) is 75.6 Å². The molecule has 65 heavy (non-hydrogen) atoms. The molecule has 0 aromatic heterocycles. The smallest absolute Gasteiger partial charge is 0.408 e. The van der Waals surface area contributed by atoms with Gasteiger partial charge < -0.3 is 34.3 Å². The lowest BCUT2D eigenvalue weighted by Gasteiger charge is -2.23. The summed E-state index contributed by atoms with van der Waals surface area (Å²) in [4.78, 5) is 93.1. The summed E-state index contributed by atoms with van der Waals surface area (Å²) in [6.45, 7) is 6.36. The number of benzene rings is 4. The molecular formula is C50H58N2O12S. The Morgan fingerprint density at radius 1 is 0.538 bits per heavy atom. The molecule has 4 atom stereocenters. The Kier molecular flexibility index (Phi) is 21.2. The summed E-state index contributed by atoms with van der Waals surface area (Å²) in [6, 6.07) is 33.7. The van der Waals surface area contributed by atoms with Gasteiger partial charge in [0.15, 0.2) is 0 Å². The molecule has 4 aromatic rings. The van der Waals surface area contributed by atoms with Gasteiger partial charge in [0.2, 0.25) is 5.91 Å². The van der Waals surface area contributed by atoms with E-state index in [1.54, 1.807) is 93.6 Å². The SMILES string of the molecule is C[C@@H](NC(=O)[C@@H](CSC[C@H](CC(=O)OCc1ccccc1)C(=O)OCc1ccccc1)CC(=O)CC[C@@H](NC(=O)OC(C)(C)C)C(=O)OCc1ccccc1)C(=O)OCc1ccccc1. The molecule has 0 saturated heterocycles. The van der Waals surface area contributed by atoms with Crippen molar-refractivity contribution in [3.63, 3.8) is 0 Å². The Balaban J connectivity index is 1.46. The van der Waals surface area contributed by atoms with Crippen LogP contribution in [-0.2, 0) is 78.9 Å². The van der Waals surface area contributed by atoms with Crippen LogP contribution in [-0.4, -0.2) is 70.9 Å². The normalized spacial score (nSPS) is 12.9. The highest BCUT2D eigenvalue weighted by atomic mass is 32.2. The first-order valence-corrected chi connectivity index (χ1v) is 22.5. The summed E-state index contributed by atoms with van der Waals surface area (Å²) in [5.74, 6) is -5.81. The van der Waals surface area contributed by atoms with Gasteiger partial charge in [0, 0.05) is 24.3 Å². The lowest BCUT2D eigenvalue weighted by atomic mass is 9.98. The molecule has 15 heteroatoms. The van der Waals surface area contributed by atoms with Crippen molar-refractivity contribution >= 4 is 53.4 Å². The third-order valence-corrected chi connectivity index (χ3v) is 10.8. The second kappa shape index (κ2) is 27.0. The third kappa shape index (κ3) is 20.3. The van der Waals surface area contributed by atoms with Gasteiger partial charge in [-0.2, -0.15) is 11.8 Å². The van der Waals surface area contributed by atoms with Crippen LogP contribution >= 0.6 is 11.8 Å². The summed E-state index contributed by atoms with van der Waals surface area (Å²) in [5, 5.41) is 5.17. The number of thioether (sulfide) groups is 1. The first-order valence-electron chi connectivity index (χ1n) is 21.4. The summed E-state index contributed by atoms with van der Waals surface area (Å²) >= 11 is 1.15. The predicted octanol–water partition coefficient (Wildman–Crippen LogP) is 7.45. The van der Waals surface area contributed by atoms with E-state index < -0.39 is 71.2 Å². The third-order valence-electron chi connectivity index (χ3n) is 9.54. The Bertz CT molecular complexity index is 2130. The number of esters is 4. The second-order valence-electron chi connectivity index (χ2n) is 16.3. The van der Waals surface area contributed by atoms with Crippen LogP contribution in [0.15, 0.2) is 121 Å². The van der Waals surface area contributed by atoms with Crippen LogP contribution < -0.4 is 10.6 Å². The van der Waals surface area contributed by atoms with Gasteiger partial charge in [-0.3, -0.25) is 19.2 Å². The first-order chi connectivity index (χ1) is 31.1. The lowest BCUT2D eigenvalue weighted by Crippen LogP contribution is -2.45. The van der Waals surface area contributed by atoms with E-state index in [2.05, 4.69) is 10.6 Å². The highest BCUT2D eigenvalue weighted by molar-refractivity contribution is 7.99. The van der Waals surface area contributed by atoms with Crippen molar-refractivity contribution in [2.45, 2.75) is 97.5 Å². The Hall–Kier alpha value is -6.48. The largest absolute Gasteiger partial charge is 0.461 e. The van der Waals surface area contributed by atoms with Crippen molar-refractivity contribution < 1.29 is 57.2 Å². The average molecular weight is 911 g/mol. The van der Waals surface area contributed by atoms with E-state index in [9.17, 15) is 33.6 Å². The topological polar surface area (TPSA) is 190 Å². The monoisotopic (exact) mass is 910 g/mol. The minimum atomic E-state index is -1.26. The molecule has 0 aliphatic heterocycles. The Morgan fingerprint density at radius 2 is 0.969 bits per heavy atom. The van der Waals surface area contributed by atoms with E-state index in [0.717, 1.165) is 28.5 Å². The van der Waals surface area contributed by atoms with Crippen molar-refractivity contribution in [3.8, 4) is 0 Å². The number of ether oxygens (including phenoxy) is 5. The van der Waals surface area contributed by atoms with Crippen molar-refractivity contribution in [1.82, 2.24) is 10.6 Å². The first kappa shape index (κ1) is 51.2. The second-order valence-corrected chi connectivity index (χ2v) is 17.3. The molecule has 0 radical (unpaired) electrons. The molecule has 0 bridgehead atoms. The van der Waals surface area contributed by atoms with Gasteiger partial charge in [-0.1, -0.05) is 121 Å². The van der Waals surface area contributed by atoms with E-state index in [4.69, 9.17) is 23.7 Å². The maximum atomic E-state index is 13.9. The molecule has 14 nitrogen and oxygen atoms in total. The lowest BCUT2D eigenvalue weighted by molar-refractivity contribution is -0.155. The predicted molar refractivity (Wildman–Crippen MR) is 243 cm³/mol. The summed E-state index contributed by atoms with van der Waals surface area (Å²) in [7, 11) is 0. The van der Waals surface area contributed by atoms with Gasteiger partial charge in [-0.05, 0) is 56.4 Å². The van der Waals surface area contributed by atoms with E-state index in [1.807, 2.05) is 48.5 Å². The van der Waals surface area contributed by atoms with Gasteiger partial charge in [-0.15, -0.1) is 0 Å². The summed E-state index contributed by atoms with van der Waals surface area (Å²) in [5.41, 5.74) is 2.11. The number of Topliss-reactive ketones (excluding diaryl/α,β-unsaturated/α-hetero) is 1. The molecule has 0 fully saturated rings. The highest BCUT2D eigenvalue weighted by Crippen LogP contribution is 2.22. The molecule has 0 spiro atoms. The van der Waals surface area contributed by atoms with Crippen molar-refractivity contribution in [1.29, 1.82) is 0 Å². The molecule has 2 amide bonds. The zero-order valence-electron chi connectivity index (χ0n) is 37.2. The molecule has 346 valence electrons. The minimum absolute atomic E-state index is 0.00776. The van der Waals surface area contributed by atoms with E-state index in [1.165, 1.54) is 6.92 Å². The number of hydrogen-bond donors (Lipinski definition) is 2. The molecule has 2 N–H and O–H groups in total. The molecule has 0 saturated carbocycles. The van der Waals surface area contributed by atoms with Crippen molar-refractivity contribution in [2.75, 3.05) is 11.5 Å². The molecular weight excluding hydrogens is 853 g/mol. The minimum Gasteiger partial charge on any atom is -0.461 e.